The monoisotopic (exact) mass is 272 g/mol. The maximum atomic E-state index is 12.0. The fourth-order valence-electron chi connectivity index (χ4n) is 1.21. The highest BCUT2D eigenvalue weighted by atomic mass is 35.5. The summed E-state index contributed by atoms with van der Waals surface area (Å²) in [5, 5.41) is 9.40. The SMILES string of the molecule is CC(C(N)=S)N(C)C(=O)c1ccc(O)c(Cl)c1. The van der Waals surface area contributed by atoms with Gasteiger partial charge in [-0.1, -0.05) is 23.8 Å². The third kappa shape index (κ3) is 3.08. The van der Waals surface area contributed by atoms with Crippen molar-refractivity contribution in [1.82, 2.24) is 4.90 Å². The average molecular weight is 273 g/mol. The van der Waals surface area contributed by atoms with Crippen LogP contribution in [0.4, 0.5) is 0 Å². The molecule has 0 saturated carbocycles. The van der Waals surface area contributed by atoms with Gasteiger partial charge in [-0.05, 0) is 25.1 Å². The summed E-state index contributed by atoms with van der Waals surface area (Å²) < 4.78 is 0. The van der Waals surface area contributed by atoms with Crippen molar-refractivity contribution in [3.8, 4) is 5.75 Å². The Hall–Kier alpha value is -1.33. The van der Waals surface area contributed by atoms with Crippen LogP contribution in [-0.4, -0.2) is 34.0 Å². The quantitative estimate of drug-likeness (QED) is 0.824. The normalized spacial score (nSPS) is 11.9. The first kappa shape index (κ1) is 13.7. The van der Waals surface area contributed by atoms with Gasteiger partial charge in [0.2, 0.25) is 0 Å². The number of nitrogens with two attached hydrogens (primary N) is 1. The summed E-state index contributed by atoms with van der Waals surface area (Å²) in [7, 11) is 1.60. The zero-order valence-corrected chi connectivity index (χ0v) is 11.0. The van der Waals surface area contributed by atoms with E-state index in [1.807, 2.05) is 0 Å². The minimum Gasteiger partial charge on any atom is -0.506 e. The van der Waals surface area contributed by atoms with Crippen LogP contribution in [0.2, 0.25) is 5.02 Å². The highest BCUT2D eigenvalue weighted by Gasteiger charge is 2.19. The van der Waals surface area contributed by atoms with Gasteiger partial charge in [0, 0.05) is 12.6 Å². The van der Waals surface area contributed by atoms with E-state index in [0.717, 1.165) is 0 Å². The second-order valence-electron chi connectivity index (χ2n) is 3.66. The summed E-state index contributed by atoms with van der Waals surface area (Å²) in [6, 6.07) is 3.92. The number of nitrogens with zero attached hydrogens (tertiary/aromatic N) is 1. The molecule has 1 amide bonds. The number of rotatable bonds is 3. The molecular formula is C11H13ClN2O2S. The maximum absolute atomic E-state index is 12.0. The van der Waals surface area contributed by atoms with Gasteiger partial charge < -0.3 is 15.7 Å². The Morgan fingerprint density at radius 3 is 2.65 bits per heavy atom. The maximum Gasteiger partial charge on any atom is 0.254 e. The highest BCUT2D eigenvalue weighted by Crippen LogP contribution is 2.24. The number of phenols is 1. The lowest BCUT2D eigenvalue weighted by molar-refractivity contribution is 0.0779. The topological polar surface area (TPSA) is 66.6 Å². The smallest absolute Gasteiger partial charge is 0.254 e. The minimum atomic E-state index is -0.343. The van der Waals surface area contributed by atoms with Crippen LogP contribution in [0.25, 0.3) is 0 Å². The van der Waals surface area contributed by atoms with Gasteiger partial charge >= 0.3 is 0 Å². The number of phenolic OH excluding ortho intramolecular Hbond substituents is 1. The van der Waals surface area contributed by atoms with Crippen molar-refractivity contribution in [3.05, 3.63) is 28.8 Å². The summed E-state index contributed by atoms with van der Waals surface area (Å²) in [5.41, 5.74) is 5.85. The zero-order chi connectivity index (χ0) is 13.2. The van der Waals surface area contributed by atoms with Crippen LogP contribution in [0.15, 0.2) is 18.2 Å². The van der Waals surface area contributed by atoms with Gasteiger partial charge in [-0.2, -0.15) is 0 Å². The van der Waals surface area contributed by atoms with Gasteiger partial charge in [0.1, 0.15) is 5.75 Å². The molecule has 17 heavy (non-hydrogen) atoms. The van der Waals surface area contributed by atoms with Gasteiger partial charge in [-0.25, -0.2) is 0 Å². The molecule has 1 aromatic rings. The number of halogens is 1. The number of thiocarbonyl (C=S) groups is 1. The van der Waals surface area contributed by atoms with Gasteiger partial charge in [0.15, 0.2) is 0 Å². The van der Waals surface area contributed by atoms with Gasteiger partial charge in [-0.15, -0.1) is 0 Å². The molecule has 0 aliphatic rings. The molecule has 0 heterocycles. The first-order chi connectivity index (χ1) is 7.84. The van der Waals surface area contributed by atoms with Crippen molar-refractivity contribution < 1.29 is 9.90 Å². The lowest BCUT2D eigenvalue weighted by Gasteiger charge is -2.24. The second kappa shape index (κ2) is 5.33. The third-order valence-corrected chi connectivity index (χ3v) is 3.15. The molecular weight excluding hydrogens is 260 g/mol. The predicted molar refractivity (Wildman–Crippen MR) is 71.5 cm³/mol. The molecule has 1 atom stereocenters. The molecule has 6 heteroatoms. The largest absolute Gasteiger partial charge is 0.506 e. The van der Waals surface area contributed by atoms with Gasteiger partial charge in [0.05, 0.1) is 16.1 Å². The fraction of sp³-hybridized carbons (Fsp3) is 0.273. The molecule has 0 aliphatic heterocycles. The van der Waals surface area contributed by atoms with Crippen LogP contribution in [0, 0.1) is 0 Å². The van der Waals surface area contributed by atoms with Crippen LogP contribution in [0.3, 0.4) is 0 Å². The molecule has 0 fully saturated rings. The Labute approximate surface area is 110 Å². The van der Waals surface area contributed by atoms with E-state index in [1.165, 1.54) is 23.1 Å². The molecule has 0 aromatic heterocycles. The highest BCUT2D eigenvalue weighted by molar-refractivity contribution is 7.80. The molecule has 0 saturated heterocycles. The lowest BCUT2D eigenvalue weighted by Crippen LogP contribution is -2.42. The van der Waals surface area contributed by atoms with Crippen molar-refractivity contribution in [2.75, 3.05) is 7.05 Å². The first-order valence-corrected chi connectivity index (χ1v) is 5.68. The number of benzene rings is 1. The molecule has 1 unspecified atom stereocenters. The summed E-state index contributed by atoms with van der Waals surface area (Å²) in [6.07, 6.45) is 0. The van der Waals surface area contributed by atoms with Crippen LogP contribution >= 0.6 is 23.8 Å². The van der Waals surface area contributed by atoms with Crippen molar-refractivity contribution in [3.63, 3.8) is 0 Å². The number of carbonyl (C=O) groups excluding carboxylic acids is 1. The van der Waals surface area contributed by atoms with Crippen molar-refractivity contribution in [1.29, 1.82) is 0 Å². The minimum absolute atomic E-state index is 0.0618. The van der Waals surface area contributed by atoms with Gasteiger partial charge in [0.25, 0.3) is 5.91 Å². The molecule has 0 aliphatic carbocycles. The van der Waals surface area contributed by atoms with Crippen molar-refractivity contribution in [2.45, 2.75) is 13.0 Å². The number of likely N-dealkylation sites (N-methyl/N-ethyl adjacent to an activating group) is 1. The molecule has 0 spiro atoms. The van der Waals surface area contributed by atoms with E-state index in [2.05, 4.69) is 0 Å². The zero-order valence-electron chi connectivity index (χ0n) is 9.48. The summed E-state index contributed by atoms with van der Waals surface area (Å²) in [6.45, 7) is 1.74. The fourth-order valence-corrected chi connectivity index (χ4v) is 1.55. The average Bonchev–Trinajstić information content (AvgIpc) is 2.29. The van der Waals surface area contributed by atoms with Gasteiger partial charge in [-0.3, -0.25) is 4.79 Å². The number of aromatic hydroxyl groups is 1. The predicted octanol–water partition coefficient (Wildman–Crippen LogP) is 1.79. The van der Waals surface area contributed by atoms with E-state index < -0.39 is 0 Å². The molecule has 1 aromatic carbocycles. The van der Waals surface area contributed by atoms with E-state index in [9.17, 15) is 9.90 Å². The van der Waals surface area contributed by atoms with Crippen LogP contribution in [0.1, 0.15) is 17.3 Å². The Morgan fingerprint density at radius 1 is 1.59 bits per heavy atom. The Balaban J connectivity index is 2.96. The van der Waals surface area contributed by atoms with Crippen molar-refractivity contribution >= 4 is 34.7 Å². The number of amides is 1. The molecule has 1 rings (SSSR count). The summed E-state index contributed by atoms with van der Waals surface area (Å²) >= 11 is 10.6. The van der Waals surface area contributed by atoms with E-state index in [1.54, 1.807) is 14.0 Å². The lowest BCUT2D eigenvalue weighted by atomic mass is 10.1. The number of hydrogen-bond donors (Lipinski definition) is 2. The Kier molecular flexibility index (Phi) is 4.31. The molecule has 4 nitrogen and oxygen atoms in total. The summed E-state index contributed by atoms with van der Waals surface area (Å²) in [5.74, 6) is -0.319. The molecule has 0 radical (unpaired) electrons. The van der Waals surface area contributed by atoms with E-state index in [4.69, 9.17) is 29.6 Å². The van der Waals surface area contributed by atoms with Crippen molar-refractivity contribution in [2.24, 2.45) is 5.73 Å². The Bertz CT molecular complexity index is 465. The molecule has 3 N–H and O–H groups in total. The van der Waals surface area contributed by atoms with E-state index >= 15 is 0 Å². The molecule has 92 valence electrons. The Morgan fingerprint density at radius 2 is 2.18 bits per heavy atom. The first-order valence-electron chi connectivity index (χ1n) is 4.89. The number of carbonyl (C=O) groups is 1. The van der Waals surface area contributed by atoms with E-state index in [0.29, 0.717) is 5.56 Å². The second-order valence-corrected chi connectivity index (χ2v) is 4.54. The molecule has 0 bridgehead atoms. The van der Waals surface area contributed by atoms with Crippen LogP contribution < -0.4 is 5.73 Å². The van der Waals surface area contributed by atoms with E-state index in [-0.39, 0.29) is 27.7 Å². The summed E-state index contributed by atoms with van der Waals surface area (Å²) in [4.78, 5) is 13.7. The number of hydrogen-bond acceptors (Lipinski definition) is 3. The van der Waals surface area contributed by atoms with Crippen LogP contribution in [0.5, 0.6) is 5.75 Å². The van der Waals surface area contributed by atoms with Crippen LogP contribution in [-0.2, 0) is 0 Å². The standard InChI is InChI=1S/C11H13ClN2O2S/c1-6(10(13)17)14(2)11(16)7-3-4-9(15)8(12)5-7/h3-6,15H,1-2H3,(H2,13,17). The third-order valence-electron chi connectivity index (χ3n) is 2.51.